The summed E-state index contributed by atoms with van der Waals surface area (Å²) < 4.78 is 0. The summed E-state index contributed by atoms with van der Waals surface area (Å²) in [5.74, 6) is 1.93. The molecule has 0 spiro atoms. The van der Waals surface area contributed by atoms with Gasteiger partial charge in [-0.2, -0.15) is 0 Å². The van der Waals surface area contributed by atoms with Gasteiger partial charge in [0.05, 0.1) is 0 Å². The zero-order chi connectivity index (χ0) is 9.59. The van der Waals surface area contributed by atoms with Crippen molar-refractivity contribution in [3.05, 3.63) is 0 Å². The van der Waals surface area contributed by atoms with Crippen LogP contribution in [0.3, 0.4) is 0 Å². The summed E-state index contributed by atoms with van der Waals surface area (Å²) in [6, 6.07) is 2.24. The highest BCUT2D eigenvalue weighted by molar-refractivity contribution is 5.10. The fourth-order valence-electron chi connectivity index (χ4n) is 2.61. The predicted octanol–water partition coefficient (Wildman–Crippen LogP) is 1.32. The van der Waals surface area contributed by atoms with Crippen molar-refractivity contribution in [1.82, 2.24) is 10.2 Å². The number of nitrogens with zero attached hydrogens (tertiary/aromatic N) is 1. The van der Waals surface area contributed by atoms with Gasteiger partial charge >= 0.3 is 0 Å². The number of nitrogens with one attached hydrogen (secondary N) is 1. The second kappa shape index (κ2) is 3.25. The van der Waals surface area contributed by atoms with E-state index in [1.165, 1.54) is 13.1 Å². The molecule has 2 heteroatoms. The third-order valence-corrected chi connectivity index (χ3v) is 3.48. The Morgan fingerprint density at radius 3 is 2.00 bits per heavy atom. The third kappa shape index (κ3) is 1.75. The number of likely N-dealkylation sites (tertiary alicyclic amines) is 1. The Hall–Kier alpha value is -0.0800. The van der Waals surface area contributed by atoms with Crippen LogP contribution in [0.25, 0.3) is 0 Å². The monoisotopic (exact) mass is 182 g/mol. The van der Waals surface area contributed by atoms with Gasteiger partial charge in [-0.3, -0.25) is 0 Å². The summed E-state index contributed by atoms with van der Waals surface area (Å²) in [7, 11) is 0. The number of hydrogen-bond acceptors (Lipinski definition) is 2. The van der Waals surface area contributed by atoms with Crippen LogP contribution in [0.1, 0.15) is 27.7 Å². The van der Waals surface area contributed by atoms with Gasteiger partial charge in [-0.25, -0.2) is 0 Å². The zero-order valence-electron chi connectivity index (χ0n) is 9.25. The molecule has 2 aliphatic rings. The van der Waals surface area contributed by atoms with Crippen LogP contribution in [0.2, 0.25) is 0 Å². The van der Waals surface area contributed by atoms with Gasteiger partial charge in [0.2, 0.25) is 0 Å². The first-order chi connectivity index (χ1) is 6.09. The molecule has 0 aromatic heterocycles. The lowest BCUT2D eigenvalue weighted by molar-refractivity contribution is 0.236. The Morgan fingerprint density at radius 1 is 1.08 bits per heavy atom. The molecule has 1 aliphatic heterocycles. The van der Waals surface area contributed by atoms with Crippen molar-refractivity contribution in [2.75, 3.05) is 13.1 Å². The van der Waals surface area contributed by atoms with E-state index in [1.54, 1.807) is 0 Å². The number of fused-ring (bicyclic) bond motifs is 1. The lowest BCUT2D eigenvalue weighted by Crippen LogP contribution is -2.37. The molecular formula is C11H22N2. The first kappa shape index (κ1) is 9.47. The average Bonchev–Trinajstić information content (AvgIpc) is 2.51. The summed E-state index contributed by atoms with van der Waals surface area (Å²) in [6.07, 6.45) is 0. The highest BCUT2D eigenvalue weighted by atomic mass is 15.2. The van der Waals surface area contributed by atoms with Gasteiger partial charge in [0.15, 0.2) is 0 Å². The first-order valence-corrected chi connectivity index (χ1v) is 5.59. The number of hydrogen-bond donors (Lipinski definition) is 1. The fraction of sp³-hybridized carbons (Fsp3) is 1.00. The highest BCUT2D eigenvalue weighted by Crippen LogP contribution is 2.46. The van der Waals surface area contributed by atoms with Crippen LogP contribution in [0, 0.1) is 11.8 Å². The van der Waals surface area contributed by atoms with Gasteiger partial charge in [0.25, 0.3) is 0 Å². The van der Waals surface area contributed by atoms with E-state index >= 15 is 0 Å². The second-order valence-corrected chi connectivity index (χ2v) is 5.22. The van der Waals surface area contributed by atoms with Crippen LogP contribution in [-0.2, 0) is 0 Å². The van der Waals surface area contributed by atoms with Crippen molar-refractivity contribution in [2.45, 2.75) is 45.8 Å². The molecule has 13 heavy (non-hydrogen) atoms. The van der Waals surface area contributed by atoms with Crippen molar-refractivity contribution in [2.24, 2.45) is 11.8 Å². The van der Waals surface area contributed by atoms with Crippen molar-refractivity contribution >= 4 is 0 Å². The van der Waals surface area contributed by atoms with Crippen LogP contribution in [0.15, 0.2) is 0 Å². The van der Waals surface area contributed by atoms with Gasteiger partial charge in [0, 0.05) is 31.2 Å². The quantitative estimate of drug-likeness (QED) is 0.708. The normalized spacial score (nSPS) is 38.8. The topological polar surface area (TPSA) is 15.3 Å². The van der Waals surface area contributed by atoms with Crippen molar-refractivity contribution in [3.8, 4) is 0 Å². The van der Waals surface area contributed by atoms with E-state index in [1.807, 2.05) is 0 Å². The Balaban J connectivity index is 1.77. The van der Waals surface area contributed by atoms with E-state index < -0.39 is 0 Å². The molecule has 1 N–H and O–H groups in total. The molecule has 2 rings (SSSR count). The molecule has 0 radical (unpaired) electrons. The lowest BCUT2D eigenvalue weighted by Gasteiger charge is -2.24. The molecule has 1 saturated carbocycles. The molecule has 1 saturated heterocycles. The lowest BCUT2D eigenvalue weighted by atomic mass is 10.3. The third-order valence-electron chi connectivity index (χ3n) is 3.48. The predicted molar refractivity (Wildman–Crippen MR) is 55.7 cm³/mol. The van der Waals surface area contributed by atoms with Crippen molar-refractivity contribution in [1.29, 1.82) is 0 Å². The Kier molecular flexibility index (Phi) is 2.37. The molecule has 2 nitrogen and oxygen atoms in total. The summed E-state index contributed by atoms with van der Waals surface area (Å²) in [4.78, 5) is 2.60. The van der Waals surface area contributed by atoms with Crippen LogP contribution in [-0.4, -0.2) is 36.1 Å². The Labute approximate surface area is 81.7 Å². The molecular weight excluding hydrogens is 160 g/mol. The summed E-state index contributed by atoms with van der Waals surface area (Å²) in [6.45, 7) is 11.7. The van der Waals surface area contributed by atoms with Gasteiger partial charge in [-0.1, -0.05) is 13.8 Å². The van der Waals surface area contributed by atoms with E-state index in [4.69, 9.17) is 0 Å². The SMILES string of the molecule is CC(C)N[C@H]1[C@@H]2CN(C(C)C)C[C@@H]21. The highest BCUT2D eigenvalue weighted by Gasteiger charge is 2.55. The molecule has 2 fully saturated rings. The van der Waals surface area contributed by atoms with Crippen LogP contribution in [0.5, 0.6) is 0 Å². The van der Waals surface area contributed by atoms with Gasteiger partial charge in [-0.15, -0.1) is 0 Å². The second-order valence-electron chi connectivity index (χ2n) is 5.22. The Morgan fingerprint density at radius 2 is 1.62 bits per heavy atom. The minimum Gasteiger partial charge on any atom is -0.311 e. The van der Waals surface area contributed by atoms with Gasteiger partial charge in [-0.05, 0) is 25.7 Å². The van der Waals surface area contributed by atoms with Crippen molar-refractivity contribution < 1.29 is 0 Å². The van der Waals surface area contributed by atoms with Gasteiger partial charge in [0.1, 0.15) is 0 Å². The summed E-state index contributed by atoms with van der Waals surface area (Å²) in [5, 5.41) is 3.65. The molecule has 1 heterocycles. The summed E-state index contributed by atoms with van der Waals surface area (Å²) in [5.41, 5.74) is 0. The molecule has 1 aliphatic carbocycles. The minimum absolute atomic E-state index is 0.656. The molecule has 0 aromatic rings. The standard InChI is InChI=1S/C11H22N2/c1-7(2)12-11-9-5-13(8(3)4)6-10(9)11/h7-12H,5-6H2,1-4H3/t9-,10+,11+. The fourth-order valence-corrected chi connectivity index (χ4v) is 2.61. The molecule has 0 unspecified atom stereocenters. The number of rotatable bonds is 3. The molecule has 0 amide bonds. The average molecular weight is 182 g/mol. The van der Waals surface area contributed by atoms with Gasteiger partial charge < -0.3 is 10.2 Å². The van der Waals surface area contributed by atoms with E-state index in [2.05, 4.69) is 37.9 Å². The van der Waals surface area contributed by atoms with Crippen LogP contribution in [0.4, 0.5) is 0 Å². The summed E-state index contributed by atoms with van der Waals surface area (Å²) >= 11 is 0. The maximum absolute atomic E-state index is 3.65. The van der Waals surface area contributed by atoms with E-state index in [0.717, 1.165) is 23.9 Å². The smallest absolute Gasteiger partial charge is 0.0158 e. The van der Waals surface area contributed by atoms with Crippen LogP contribution >= 0.6 is 0 Å². The molecule has 0 aromatic carbocycles. The number of piperidine rings is 1. The van der Waals surface area contributed by atoms with E-state index in [9.17, 15) is 0 Å². The maximum atomic E-state index is 3.65. The maximum Gasteiger partial charge on any atom is 0.0158 e. The van der Waals surface area contributed by atoms with E-state index in [0.29, 0.717) is 6.04 Å². The largest absolute Gasteiger partial charge is 0.311 e. The van der Waals surface area contributed by atoms with Crippen LogP contribution < -0.4 is 5.32 Å². The van der Waals surface area contributed by atoms with Crippen molar-refractivity contribution in [3.63, 3.8) is 0 Å². The van der Waals surface area contributed by atoms with E-state index in [-0.39, 0.29) is 0 Å². The molecule has 0 bridgehead atoms. The molecule has 76 valence electrons. The Bertz CT molecular complexity index is 177. The first-order valence-electron chi connectivity index (χ1n) is 5.59. The zero-order valence-corrected chi connectivity index (χ0v) is 9.25. The minimum atomic E-state index is 0.656. The molecule has 3 atom stereocenters.